The number of likely N-dealkylation sites (N-methyl/N-ethyl adjacent to an activating group) is 1. The predicted octanol–water partition coefficient (Wildman–Crippen LogP) is 1.23. The predicted molar refractivity (Wildman–Crippen MR) is 68.0 cm³/mol. The van der Waals surface area contributed by atoms with Crippen LogP contribution < -0.4 is 10.5 Å². The van der Waals surface area contributed by atoms with Crippen molar-refractivity contribution in [3.05, 3.63) is 28.8 Å². The van der Waals surface area contributed by atoms with E-state index in [-0.39, 0.29) is 12.5 Å². The maximum Gasteiger partial charge on any atom is 0.236 e. The molecule has 0 atom stereocenters. The minimum Gasteiger partial charge on any atom is -0.496 e. The van der Waals surface area contributed by atoms with Crippen LogP contribution in [0.15, 0.2) is 12.1 Å². The second-order valence-corrected chi connectivity index (χ2v) is 4.22. The molecule has 0 bridgehead atoms. The van der Waals surface area contributed by atoms with Crippen molar-refractivity contribution in [2.24, 2.45) is 5.73 Å². The molecule has 0 aliphatic carbocycles. The fourth-order valence-corrected chi connectivity index (χ4v) is 1.82. The first-order chi connectivity index (χ1) is 7.99. The van der Waals surface area contributed by atoms with E-state index in [0.717, 1.165) is 22.4 Å². The van der Waals surface area contributed by atoms with Crippen LogP contribution >= 0.6 is 0 Å². The molecule has 0 heterocycles. The summed E-state index contributed by atoms with van der Waals surface area (Å²) in [5, 5.41) is 0. The lowest BCUT2D eigenvalue weighted by molar-refractivity contribution is -0.128. The van der Waals surface area contributed by atoms with Crippen LogP contribution in [0.3, 0.4) is 0 Å². The Balaban J connectivity index is 3.01. The zero-order chi connectivity index (χ0) is 13.0. The van der Waals surface area contributed by atoms with Gasteiger partial charge in [0, 0.05) is 19.2 Å². The quantitative estimate of drug-likeness (QED) is 0.855. The molecule has 4 nitrogen and oxygen atoms in total. The Bertz CT molecular complexity index is 416. The zero-order valence-corrected chi connectivity index (χ0v) is 10.9. The van der Waals surface area contributed by atoms with E-state index in [1.165, 1.54) is 0 Å². The zero-order valence-electron chi connectivity index (χ0n) is 10.9. The summed E-state index contributed by atoms with van der Waals surface area (Å²) in [7, 11) is 3.39. The number of hydrogen-bond acceptors (Lipinski definition) is 3. The molecule has 0 aromatic heterocycles. The summed E-state index contributed by atoms with van der Waals surface area (Å²) in [4.78, 5) is 13.1. The molecule has 17 heavy (non-hydrogen) atoms. The summed E-state index contributed by atoms with van der Waals surface area (Å²) >= 11 is 0. The molecule has 0 aliphatic rings. The van der Waals surface area contributed by atoms with Crippen molar-refractivity contribution >= 4 is 5.91 Å². The summed E-state index contributed by atoms with van der Waals surface area (Å²) in [5.74, 6) is 0.742. The molecule has 0 spiro atoms. The number of methoxy groups -OCH3 is 1. The molecule has 4 heteroatoms. The lowest BCUT2D eigenvalue weighted by atomic mass is 10.0. The van der Waals surface area contributed by atoms with Crippen molar-refractivity contribution in [3.63, 3.8) is 0 Å². The van der Waals surface area contributed by atoms with Crippen molar-refractivity contribution in [2.75, 3.05) is 20.7 Å². The van der Waals surface area contributed by atoms with Crippen molar-refractivity contribution in [3.8, 4) is 5.75 Å². The molecule has 1 rings (SSSR count). The average Bonchev–Trinajstić information content (AvgIpc) is 2.30. The Morgan fingerprint density at radius 2 is 2.06 bits per heavy atom. The lowest BCUT2D eigenvalue weighted by Crippen LogP contribution is -2.32. The number of carbonyl (C=O) groups is 1. The van der Waals surface area contributed by atoms with Gasteiger partial charge in [-0.3, -0.25) is 4.79 Å². The highest BCUT2D eigenvalue weighted by Crippen LogP contribution is 2.25. The van der Waals surface area contributed by atoms with Crippen LogP contribution in [0.1, 0.15) is 16.7 Å². The Morgan fingerprint density at radius 3 is 2.59 bits per heavy atom. The molecule has 0 fully saturated rings. The third-order valence-electron chi connectivity index (χ3n) is 2.79. The topological polar surface area (TPSA) is 55.6 Å². The van der Waals surface area contributed by atoms with Gasteiger partial charge in [-0.1, -0.05) is 6.07 Å². The molecule has 94 valence electrons. The molecular formula is C13H20N2O2. The largest absolute Gasteiger partial charge is 0.496 e. The van der Waals surface area contributed by atoms with Crippen LogP contribution in [0.25, 0.3) is 0 Å². The molecule has 0 saturated heterocycles. The summed E-state index contributed by atoms with van der Waals surface area (Å²) < 4.78 is 5.35. The highest BCUT2D eigenvalue weighted by atomic mass is 16.5. The molecule has 0 radical (unpaired) electrons. The van der Waals surface area contributed by atoms with Gasteiger partial charge in [-0.2, -0.15) is 0 Å². The van der Waals surface area contributed by atoms with E-state index in [0.29, 0.717) is 6.54 Å². The number of aryl methyl sites for hydroxylation is 2. The van der Waals surface area contributed by atoms with Crippen molar-refractivity contribution in [1.82, 2.24) is 4.90 Å². The Labute approximate surface area is 102 Å². The summed E-state index contributed by atoms with van der Waals surface area (Å²) in [6.07, 6.45) is 0. The third kappa shape index (κ3) is 3.20. The molecule has 2 N–H and O–H groups in total. The SMILES string of the molecule is COc1cc(C)cc(C)c1CN(C)C(=O)CN. The molecule has 1 amide bonds. The number of nitrogens with two attached hydrogens (primary N) is 1. The standard InChI is InChI=1S/C13H20N2O2/c1-9-5-10(2)11(12(6-9)17-4)8-15(3)13(16)7-14/h5-6H,7-8,14H2,1-4H3. The van der Waals surface area contributed by atoms with Crippen LogP contribution in [0.5, 0.6) is 5.75 Å². The minimum atomic E-state index is -0.0768. The van der Waals surface area contributed by atoms with Crippen LogP contribution in [-0.2, 0) is 11.3 Å². The Morgan fingerprint density at radius 1 is 1.41 bits per heavy atom. The first-order valence-electron chi connectivity index (χ1n) is 5.57. The van der Waals surface area contributed by atoms with Gasteiger partial charge >= 0.3 is 0 Å². The normalized spacial score (nSPS) is 10.2. The fourth-order valence-electron chi connectivity index (χ4n) is 1.82. The van der Waals surface area contributed by atoms with Gasteiger partial charge in [0.15, 0.2) is 0 Å². The second-order valence-electron chi connectivity index (χ2n) is 4.22. The van der Waals surface area contributed by atoms with Crippen molar-refractivity contribution in [2.45, 2.75) is 20.4 Å². The molecular weight excluding hydrogens is 216 g/mol. The highest BCUT2D eigenvalue weighted by Gasteiger charge is 2.13. The van der Waals surface area contributed by atoms with Gasteiger partial charge in [-0.05, 0) is 31.0 Å². The van der Waals surface area contributed by atoms with Gasteiger partial charge in [0.1, 0.15) is 5.75 Å². The first-order valence-corrected chi connectivity index (χ1v) is 5.57. The van der Waals surface area contributed by atoms with Crippen LogP contribution in [0, 0.1) is 13.8 Å². The summed E-state index contributed by atoms with van der Waals surface area (Å²) in [5.41, 5.74) is 8.64. The van der Waals surface area contributed by atoms with Crippen molar-refractivity contribution in [1.29, 1.82) is 0 Å². The number of hydrogen-bond donors (Lipinski definition) is 1. The number of rotatable bonds is 4. The lowest BCUT2D eigenvalue weighted by Gasteiger charge is -2.20. The summed E-state index contributed by atoms with van der Waals surface area (Å²) in [6, 6.07) is 4.06. The van der Waals surface area contributed by atoms with Crippen LogP contribution in [0.4, 0.5) is 0 Å². The van der Waals surface area contributed by atoms with Crippen LogP contribution in [0.2, 0.25) is 0 Å². The summed E-state index contributed by atoms with van der Waals surface area (Å²) in [6.45, 7) is 4.59. The van der Waals surface area contributed by atoms with E-state index in [2.05, 4.69) is 6.07 Å². The second kappa shape index (κ2) is 5.68. The van der Waals surface area contributed by atoms with E-state index in [9.17, 15) is 4.79 Å². The van der Waals surface area contributed by atoms with Gasteiger partial charge in [0.2, 0.25) is 5.91 Å². The van der Waals surface area contributed by atoms with E-state index >= 15 is 0 Å². The first kappa shape index (κ1) is 13.5. The minimum absolute atomic E-state index is 0.0315. The van der Waals surface area contributed by atoms with E-state index in [1.807, 2.05) is 19.9 Å². The van der Waals surface area contributed by atoms with E-state index < -0.39 is 0 Å². The average molecular weight is 236 g/mol. The van der Waals surface area contributed by atoms with Crippen LogP contribution in [-0.4, -0.2) is 31.5 Å². The fraction of sp³-hybridized carbons (Fsp3) is 0.462. The van der Waals surface area contributed by atoms with Gasteiger partial charge < -0.3 is 15.4 Å². The van der Waals surface area contributed by atoms with Gasteiger partial charge in [-0.25, -0.2) is 0 Å². The molecule has 1 aromatic rings. The number of benzene rings is 1. The van der Waals surface area contributed by atoms with E-state index in [1.54, 1.807) is 19.1 Å². The maximum absolute atomic E-state index is 11.5. The third-order valence-corrected chi connectivity index (χ3v) is 2.79. The van der Waals surface area contributed by atoms with E-state index in [4.69, 9.17) is 10.5 Å². The highest BCUT2D eigenvalue weighted by molar-refractivity contribution is 5.77. The van der Waals surface area contributed by atoms with Crippen molar-refractivity contribution < 1.29 is 9.53 Å². The molecule has 0 saturated carbocycles. The Hall–Kier alpha value is -1.55. The number of carbonyl (C=O) groups excluding carboxylic acids is 1. The van der Waals surface area contributed by atoms with Gasteiger partial charge in [0.25, 0.3) is 0 Å². The Kier molecular flexibility index (Phi) is 4.52. The molecule has 1 aromatic carbocycles. The molecule has 0 aliphatic heterocycles. The number of ether oxygens (including phenoxy) is 1. The molecule has 0 unspecified atom stereocenters. The van der Waals surface area contributed by atoms with Gasteiger partial charge in [0.05, 0.1) is 13.7 Å². The number of amides is 1. The number of nitrogens with zero attached hydrogens (tertiary/aromatic N) is 1. The monoisotopic (exact) mass is 236 g/mol. The van der Waals surface area contributed by atoms with Gasteiger partial charge in [-0.15, -0.1) is 0 Å². The smallest absolute Gasteiger partial charge is 0.236 e. The maximum atomic E-state index is 11.5.